The Morgan fingerprint density at radius 1 is 1.14 bits per heavy atom. The lowest BCUT2D eigenvalue weighted by atomic mass is 10.1. The van der Waals surface area contributed by atoms with E-state index in [-0.39, 0.29) is 16.6 Å². The number of halogens is 1. The summed E-state index contributed by atoms with van der Waals surface area (Å²) in [6.07, 6.45) is 4.42. The van der Waals surface area contributed by atoms with Crippen molar-refractivity contribution in [2.24, 2.45) is 0 Å². The van der Waals surface area contributed by atoms with Crippen LogP contribution in [-0.4, -0.2) is 49.7 Å². The number of hydrogen-bond donors (Lipinski definition) is 2. The van der Waals surface area contributed by atoms with E-state index in [1.807, 2.05) is 47.6 Å². The lowest BCUT2D eigenvalue weighted by Crippen LogP contribution is -2.40. The minimum atomic E-state index is -3.89. The summed E-state index contributed by atoms with van der Waals surface area (Å²) in [7, 11) is -2.28. The summed E-state index contributed by atoms with van der Waals surface area (Å²) < 4.78 is 44.2. The maximum Gasteiger partial charge on any atom is 0.338 e. The first-order chi connectivity index (χ1) is 17.7. The molecule has 1 atom stereocenters. The van der Waals surface area contributed by atoms with Crippen LogP contribution in [0.1, 0.15) is 36.5 Å². The predicted octanol–water partition coefficient (Wildman–Crippen LogP) is 6.32. The van der Waals surface area contributed by atoms with Crippen LogP contribution in [0.15, 0.2) is 70.5 Å². The Balaban J connectivity index is 1.90. The van der Waals surface area contributed by atoms with E-state index in [4.69, 9.17) is 0 Å². The highest BCUT2D eigenvalue weighted by Gasteiger charge is 2.37. The number of unbranched alkanes of at least 4 members (excludes halogenated alkanes) is 1. The zero-order chi connectivity index (χ0) is 26.7. The van der Waals surface area contributed by atoms with Crippen molar-refractivity contribution in [1.29, 1.82) is 0 Å². The molecule has 0 aliphatic carbocycles. The second-order valence-corrected chi connectivity index (χ2v) is 11.7. The monoisotopic (exact) mass is 543 g/mol. The normalized spacial score (nSPS) is 17.2. The van der Waals surface area contributed by atoms with Gasteiger partial charge in [-0.05, 0) is 49.1 Å². The number of carboxylic acid groups (broad SMARTS) is 1. The Labute approximate surface area is 221 Å². The van der Waals surface area contributed by atoms with Crippen LogP contribution in [0.3, 0.4) is 0 Å². The van der Waals surface area contributed by atoms with Crippen molar-refractivity contribution < 1.29 is 22.7 Å². The van der Waals surface area contributed by atoms with Crippen LogP contribution in [0.2, 0.25) is 0 Å². The third-order valence-electron chi connectivity index (χ3n) is 6.59. The number of benzene rings is 3. The molecule has 1 heterocycles. The van der Waals surface area contributed by atoms with Crippen molar-refractivity contribution in [3.63, 3.8) is 0 Å². The van der Waals surface area contributed by atoms with Crippen LogP contribution < -0.4 is 10.2 Å². The molecule has 10 heteroatoms. The minimum absolute atomic E-state index is 0.0461. The highest BCUT2D eigenvalue weighted by atomic mass is 32.2. The standard InChI is InChI=1S/C27H30FN3O4S2/c1-4-5-10-19-17-31(18-11-7-6-8-12-18)23-16-24(36-3)22(15-25(23)37(34,35)30(19)2)29-21-14-9-13-20(26(21)28)27(32)33/h6-9,11-16,19,29H,4-5,10,17H2,1-3H3,(H,32,33). The number of carbonyl (C=O) groups is 1. The third kappa shape index (κ3) is 5.32. The van der Waals surface area contributed by atoms with E-state index in [2.05, 4.69) is 12.2 Å². The van der Waals surface area contributed by atoms with Gasteiger partial charge in [0.15, 0.2) is 5.82 Å². The van der Waals surface area contributed by atoms with Gasteiger partial charge in [-0.2, -0.15) is 4.31 Å². The first-order valence-electron chi connectivity index (χ1n) is 12.0. The molecule has 37 heavy (non-hydrogen) atoms. The molecule has 1 aliphatic heterocycles. The molecule has 0 bridgehead atoms. The van der Waals surface area contributed by atoms with Crippen molar-refractivity contribution >= 4 is 50.5 Å². The van der Waals surface area contributed by atoms with Gasteiger partial charge in [-0.25, -0.2) is 17.6 Å². The van der Waals surface area contributed by atoms with Crippen molar-refractivity contribution in [3.05, 3.63) is 72.0 Å². The van der Waals surface area contributed by atoms with Gasteiger partial charge in [-0.1, -0.05) is 44.0 Å². The summed E-state index contributed by atoms with van der Waals surface area (Å²) >= 11 is 1.39. The molecule has 0 amide bonds. The van der Waals surface area contributed by atoms with Crippen LogP contribution in [0.25, 0.3) is 0 Å². The van der Waals surface area contributed by atoms with E-state index in [1.165, 1.54) is 40.3 Å². The molecule has 196 valence electrons. The molecule has 3 aromatic carbocycles. The zero-order valence-electron chi connectivity index (χ0n) is 20.9. The Kier molecular flexibility index (Phi) is 8.11. The summed E-state index contributed by atoms with van der Waals surface area (Å²) in [5.74, 6) is -2.29. The average Bonchev–Trinajstić information content (AvgIpc) is 2.96. The number of para-hydroxylation sites is 1. The van der Waals surface area contributed by atoms with E-state index in [0.717, 1.165) is 24.9 Å². The van der Waals surface area contributed by atoms with Crippen molar-refractivity contribution in [2.45, 2.75) is 42.0 Å². The van der Waals surface area contributed by atoms with Gasteiger partial charge in [0.2, 0.25) is 10.0 Å². The van der Waals surface area contributed by atoms with Gasteiger partial charge in [-0.15, -0.1) is 11.8 Å². The van der Waals surface area contributed by atoms with Crippen LogP contribution >= 0.6 is 11.8 Å². The van der Waals surface area contributed by atoms with Crippen LogP contribution in [0.4, 0.5) is 27.1 Å². The second-order valence-electron chi connectivity index (χ2n) is 8.88. The number of aromatic carboxylic acids is 1. The van der Waals surface area contributed by atoms with Crippen molar-refractivity contribution in [1.82, 2.24) is 4.31 Å². The highest BCUT2D eigenvalue weighted by Crippen LogP contribution is 2.43. The fourth-order valence-electron chi connectivity index (χ4n) is 4.51. The number of thioether (sulfide) groups is 1. The van der Waals surface area contributed by atoms with E-state index >= 15 is 0 Å². The number of nitrogens with zero attached hydrogens (tertiary/aromatic N) is 2. The molecule has 3 aromatic rings. The number of nitrogens with one attached hydrogen (secondary N) is 1. The summed E-state index contributed by atoms with van der Waals surface area (Å²) in [5, 5.41) is 12.3. The van der Waals surface area contributed by atoms with Gasteiger partial charge >= 0.3 is 5.97 Å². The number of sulfonamides is 1. The molecular formula is C27H30FN3O4S2. The van der Waals surface area contributed by atoms with Gasteiger partial charge in [-0.3, -0.25) is 0 Å². The Morgan fingerprint density at radius 2 is 1.86 bits per heavy atom. The third-order valence-corrected chi connectivity index (χ3v) is 9.31. The molecule has 1 aliphatic rings. The Morgan fingerprint density at radius 3 is 2.51 bits per heavy atom. The number of hydrogen-bond acceptors (Lipinski definition) is 6. The summed E-state index contributed by atoms with van der Waals surface area (Å²) in [4.78, 5) is 14.3. The summed E-state index contributed by atoms with van der Waals surface area (Å²) in [5.41, 5.74) is 1.29. The van der Waals surface area contributed by atoms with E-state index in [9.17, 15) is 22.7 Å². The fraction of sp³-hybridized carbons (Fsp3) is 0.296. The number of rotatable bonds is 8. The van der Waals surface area contributed by atoms with Gasteiger partial charge in [0.1, 0.15) is 4.90 Å². The second kappa shape index (κ2) is 11.1. The number of likely N-dealkylation sites (N-methyl/N-ethyl adjacent to an activating group) is 1. The van der Waals surface area contributed by atoms with Gasteiger partial charge < -0.3 is 15.3 Å². The molecule has 0 aromatic heterocycles. The Hall–Kier alpha value is -3.08. The quantitative estimate of drug-likeness (QED) is 0.321. The van der Waals surface area contributed by atoms with Crippen LogP contribution in [0.5, 0.6) is 0 Å². The van der Waals surface area contributed by atoms with Crippen LogP contribution in [0, 0.1) is 5.82 Å². The van der Waals surface area contributed by atoms with Crippen molar-refractivity contribution in [2.75, 3.05) is 30.1 Å². The first kappa shape index (κ1) is 27.0. The molecule has 0 spiro atoms. The molecule has 7 nitrogen and oxygen atoms in total. The summed E-state index contributed by atoms with van der Waals surface area (Å²) in [6.45, 7) is 2.57. The smallest absolute Gasteiger partial charge is 0.338 e. The van der Waals surface area contributed by atoms with Gasteiger partial charge in [0.05, 0.1) is 22.6 Å². The molecule has 0 saturated carbocycles. The molecule has 1 unspecified atom stereocenters. The lowest BCUT2D eigenvalue weighted by molar-refractivity contribution is 0.0692. The molecule has 4 rings (SSSR count). The largest absolute Gasteiger partial charge is 0.478 e. The topological polar surface area (TPSA) is 90.0 Å². The number of anilines is 4. The first-order valence-corrected chi connectivity index (χ1v) is 14.7. The highest BCUT2D eigenvalue weighted by molar-refractivity contribution is 7.98. The predicted molar refractivity (Wildman–Crippen MR) is 147 cm³/mol. The fourth-order valence-corrected chi connectivity index (χ4v) is 6.65. The summed E-state index contributed by atoms with van der Waals surface area (Å²) in [6, 6.07) is 16.8. The van der Waals surface area contributed by atoms with Gasteiger partial charge in [0.25, 0.3) is 0 Å². The van der Waals surface area contributed by atoms with Gasteiger partial charge in [0, 0.05) is 30.2 Å². The molecule has 2 N–H and O–H groups in total. The zero-order valence-corrected chi connectivity index (χ0v) is 22.6. The number of fused-ring (bicyclic) bond motifs is 1. The maximum atomic E-state index is 14.9. The SMILES string of the molecule is CCCCC1CN(c2ccccc2)c2cc(SC)c(Nc3cccc(C(=O)O)c3F)cc2S(=O)(=O)N1C. The van der Waals surface area contributed by atoms with E-state index in [0.29, 0.717) is 22.8 Å². The molecule has 0 radical (unpaired) electrons. The van der Waals surface area contributed by atoms with E-state index < -0.39 is 27.4 Å². The Bertz CT molecular complexity index is 1400. The maximum absolute atomic E-state index is 14.9. The molecular weight excluding hydrogens is 513 g/mol. The molecule has 0 fully saturated rings. The average molecular weight is 544 g/mol. The van der Waals surface area contributed by atoms with E-state index in [1.54, 1.807) is 7.05 Å². The lowest BCUT2D eigenvalue weighted by Gasteiger charge is -2.29. The van der Waals surface area contributed by atoms with Crippen LogP contribution in [-0.2, 0) is 10.0 Å². The number of carboxylic acids is 1. The van der Waals surface area contributed by atoms with Crippen molar-refractivity contribution in [3.8, 4) is 0 Å². The molecule has 0 saturated heterocycles. The minimum Gasteiger partial charge on any atom is -0.478 e.